The van der Waals surface area contributed by atoms with Crippen molar-refractivity contribution in [2.45, 2.75) is 47.0 Å². The smallest absolute Gasteiger partial charge is 0.253 e. The number of benzene rings is 1. The molecule has 2 aromatic heterocycles. The van der Waals surface area contributed by atoms with Crippen LogP contribution in [0.5, 0.6) is 0 Å². The van der Waals surface area contributed by atoms with Crippen molar-refractivity contribution in [1.29, 1.82) is 0 Å². The Morgan fingerprint density at radius 2 is 2.00 bits per heavy atom. The van der Waals surface area contributed by atoms with Crippen molar-refractivity contribution in [3.8, 4) is 11.4 Å². The van der Waals surface area contributed by atoms with Crippen molar-refractivity contribution in [2.75, 3.05) is 13.1 Å². The first kappa shape index (κ1) is 17.8. The van der Waals surface area contributed by atoms with Crippen LogP contribution in [0.1, 0.15) is 55.7 Å². The van der Waals surface area contributed by atoms with Gasteiger partial charge in [0.2, 0.25) is 0 Å². The SMILES string of the molecule is CCN(CC)C(=O)c1ccc2[nH]c(-c3n[nH]c4c3CCC(C)(C)C4)cc2c1. The Bertz CT molecular complexity index is 991. The van der Waals surface area contributed by atoms with Crippen molar-refractivity contribution >= 4 is 16.8 Å². The molecule has 142 valence electrons. The van der Waals surface area contributed by atoms with Crippen LogP contribution in [0.15, 0.2) is 24.3 Å². The van der Waals surface area contributed by atoms with Crippen LogP contribution in [0.25, 0.3) is 22.3 Å². The van der Waals surface area contributed by atoms with Gasteiger partial charge in [-0.1, -0.05) is 13.8 Å². The lowest BCUT2D eigenvalue weighted by Gasteiger charge is -2.28. The van der Waals surface area contributed by atoms with Crippen molar-refractivity contribution in [1.82, 2.24) is 20.1 Å². The number of carbonyl (C=O) groups excluding carboxylic acids is 1. The lowest BCUT2D eigenvalue weighted by molar-refractivity contribution is 0.0773. The van der Waals surface area contributed by atoms with Crippen LogP contribution < -0.4 is 0 Å². The molecule has 5 heteroatoms. The predicted molar refractivity (Wildman–Crippen MR) is 109 cm³/mol. The summed E-state index contributed by atoms with van der Waals surface area (Å²) in [5.74, 6) is 0.0871. The molecule has 1 aliphatic rings. The molecule has 1 amide bonds. The van der Waals surface area contributed by atoms with E-state index in [2.05, 4.69) is 35.1 Å². The molecule has 5 nitrogen and oxygen atoms in total. The third-order valence-electron chi connectivity index (χ3n) is 5.83. The monoisotopic (exact) mass is 364 g/mol. The summed E-state index contributed by atoms with van der Waals surface area (Å²) in [4.78, 5) is 18.0. The number of carbonyl (C=O) groups is 1. The minimum absolute atomic E-state index is 0.0871. The van der Waals surface area contributed by atoms with Crippen LogP contribution in [0, 0.1) is 5.41 Å². The maximum absolute atomic E-state index is 12.6. The molecule has 2 N–H and O–H groups in total. The second-order valence-corrected chi connectivity index (χ2v) is 8.33. The number of aromatic amines is 2. The van der Waals surface area contributed by atoms with Gasteiger partial charge < -0.3 is 9.88 Å². The van der Waals surface area contributed by atoms with Crippen LogP contribution in [0.2, 0.25) is 0 Å². The second-order valence-electron chi connectivity index (χ2n) is 8.33. The van der Waals surface area contributed by atoms with E-state index in [-0.39, 0.29) is 5.91 Å². The maximum Gasteiger partial charge on any atom is 0.253 e. The van der Waals surface area contributed by atoms with E-state index in [1.54, 1.807) is 0 Å². The molecule has 0 saturated heterocycles. The molecular weight excluding hydrogens is 336 g/mol. The van der Waals surface area contributed by atoms with Gasteiger partial charge in [0.05, 0.1) is 5.69 Å². The summed E-state index contributed by atoms with van der Waals surface area (Å²) < 4.78 is 0. The number of rotatable bonds is 4. The maximum atomic E-state index is 12.6. The van der Waals surface area contributed by atoms with Gasteiger partial charge in [-0.15, -0.1) is 0 Å². The Morgan fingerprint density at radius 1 is 1.22 bits per heavy atom. The average Bonchev–Trinajstić information content (AvgIpc) is 3.23. The molecule has 0 spiro atoms. The summed E-state index contributed by atoms with van der Waals surface area (Å²) in [7, 11) is 0. The highest BCUT2D eigenvalue weighted by atomic mass is 16.2. The summed E-state index contributed by atoms with van der Waals surface area (Å²) in [5, 5.41) is 8.92. The number of aromatic nitrogens is 3. The molecule has 27 heavy (non-hydrogen) atoms. The molecule has 2 heterocycles. The number of nitrogens with one attached hydrogen (secondary N) is 2. The van der Waals surface area contributed by atoms with Crippen molar-refractivity contribution in [3.63, 3.8) is 0 Å². The van der Waals surface area contributed by atoms with E-state index >= 15 is 0 Å². The van der Waals surface area contributed by atoms with Crippen LogP contribution in [0.4, 0.5) is 0 Å². The molecule has 1 aromatic carbocycles. The van der Waals surface area contributed by atoms with Gasteiger partial charge >= 0.3 is 0 Å². The molecule has 1 aliphatic carbocycles. The Labute approximate surface area is 160 Å². The number of amides is 1. The van der Waals surface area contributed by atoms with Crippen LogP contribution in [-0.2, 0) is 12.8 Å². The van der Waals surface area contributed by atoms with Crippen molar-refractivity contribution in [3.05, 3.63) is 41.1 Å². The number of hydrogen-bond donors (Lipinski definition) is 2. The van der Waals surface area contributed by atoms with Crippen molar-refractivity contribution in [2.24, 2.45) is 5.41 Å². The summed E-state index contributed by atoms with van der Waals surface area (Å²) in [5.41, 5.74) is 6.74. The normalized spacial score (nSPS) is 15.7. The topological polar surface area (TPSA) is 64.8 Å². The Hall–Kier alpha value is -2.56. The van der Waals surface area contributed by atoms with Gasteiger partial charge in [0, 0.05) is 40.8 Å². The Balaban J connectivity index is 1.69. The zero-order chi connectivity index (χ0) is 19.2. The summed E-state index contributed by atoms with van der Waals surface area (Å²) in [6.45, 7) is 10.1. The quantitative estimate of drug-likeness (QED) is 0.713. The van der Waals surface area contributed by atoms with E-state index in [0.717, 1.165) is 53.8 Å². The van der Waals surface area contributed by atoms with E-state index in [4.69, 9.17) is 0 Å². The number of nitrogens with zero attached hydrogens (tertiary/aromatic N) is 2. The number of H-pyrrole nitrogens is 2. The van der Waals surface area contributed by atoms with Gasteiger partial charge in [-0.2, -0.15) is 5.10 Å². The van der Waals surface area contributed by atoms with Gasteiger partial charge in [0.1, 0.15) is 5.69 Å². The minimum atomic E-state index is 0.0871. The first-order valence-electron chi connectivity index (χ1n) is 9.90. The Morgan fingerprint density at radius 3 is 2.74 bits per heavy atom. The van der Waals surface area contributed by atoms with Crippen LogP contribution in [0.3, 0.4) is 0 Å². The molecule has 0 radical (unpaired) electrons. The summed E-state index contributed by atoms with van der Waals surface area (Å²) >= 11 is 0. The fourth-order valence-corrected chi connectivity index (χ4v) is 4.16. The van der Waals surface area contributed by atoms with E-state index in [0.29, 0.717) is 5.41 Å². The largest absolute Gasteiger partial charge is 0.353 e. The molecular formula is C22H28N4O. The van der Waals surface area contributed by atoms with Gasteiger partial charge in [-0.3, -0.25) is 9.89 Å². The zero-order valence-corrected chi connectivity index (χ0v) is 16.6. The highest BCUT2D eigenvalue weighted by molar-refractivity contribution is 5.99. The summed E-state index contributed by atoms with van der Waals surface area (Å²) in [6.07, 6.45) is 3.27. The molecule has 0 aliphatic heterocycles. The molecule has 4 rings (SSSR count). The van der Waals surface area contributed by atoms with Gasteiger partial charge in [0.15, 0.2) is 0 Å². The molecule has 0 fully saturated rings. The second kappa shape index (κ2) is 6.55. The van der Waals surface area contributed by atoms with E-state index in [1.807, 2.05) is 36.9 Å². The first-order chi connectivity index (χ1) is 12.9. The minimum Gasteiger partial charge on any atom is -0.353 e. The van der Waals surface area contributed by atoms with Crippen LogP contribution in [-0.4, -0.2) is 39.1 Å². The Kier molecular flexibility index (Phi) is 4.33. The fraction of sp³-hybridized carbons (Fsp3) is 0.455. The molecule has 0 bridgehead atoms. The predicted octanol–water partition coefficient (Wildman–Crippen LogP) is 4.55. The third-order valence-corrected chi connectivity index (χ3v) is 5.83. The van der Waals surface area contributed by atoms with E-state index in [1.165, 1.54) is 17.7 Å². The lowest BCUT2D eigenvalue weighted by Crippen LogP contribution is -2.30. The lowest BCUT2D eigenvalue weighted by atomic mass is 9.76. The van der Waals surface area contributed by atoms with Crippen LogP contribution >= 0.6 is 0 Å². The van der Waals surface area contributed by atoms with E-state index < -0.39 is 0 Å². The number of fused-ring (bicyclic) bond motifs is 2. The molecule has 0 unspecified atom stereocenters. The highest BCUT2D eigenvalue weighted by Crippen LogP contribution is 2.38. The standard InChI is InChI=1S/C22H28N4O/c1-5-26(6-2)21(27)14-7-8-17-15(11-14)12-18(23-17)20-16-9-10-22(3,4)13-19(16)24-25-20/h7-8,11-12,23H,5-6,9-10,13H2,1-4H3,(H,24,25). The molecule has 0 saturated carbocycles. The molecule has 3 aromatic rings. The molecule has 0 atom stereocenters. The van der Waals surface area contributed by atoms with Gasteiger partial charge in [-0.25, -0.2) is 0 Å². The fourth-order valence-electron chi connectivity index (χ4n) is 4.16. The summed E-state index contributed by atoms with van der Waals surface area (Å²) in [6, 6.07) is 8.01. The number of hydrogen-bond acceptors (Lipinski definition) is 2. The van der Waals surface area contributed by atoms with E-state index in [9.17, 15) is 4.79 Å². The zero-order valence-electron chi connectivity index (χ0n) is 16.6. The van der Waals surface area contributed by atoms with Crippen molar-refractivity contribution < 1.29 is 4.79 Å². The van der Waals surface area contributed by atoms with Gasteiger partial charge in [0.25, 0.3) is 5.91 Å². The van der Waals surface area contributed by atoms with Gasteiger partial charge in [-0.05, 0) is 62.8 Å². The average molecular weight is 364 g/mol. The highest BCUT2D eigenvalue weighted by Gasteiger charge is 2.29. The first-order valence-corrected chi connectivity index (χ1v) is 9.90. The third kappa shape index (κ3) is 3.15.